The standard InChI is InChI=1S/C11H22F3N3O/c1-5-17(6-2)7-8(3)16-9(18)10(4,15)11(12,13)14/h8H,5-7,15H2,1-4H3,(H,16,18). The number of likely N-dealkylation sites (N-methyl/N-ethyl adjacent to an activating group) is 1. The Morgan fingerprint density at radius 3 is 2.11 bits per heavy atom. The van der Waals surface area contributed by atoms with E-state index in [1.165, 1.54) is 0 Å². The van der Waals surface area contributed by atoms with E-state index in [0.29, 0.717) is 13.5 Å². The average Bonchev–Trinajstić information content (AvgIpc) is 2.24. The molecule has 0 saturated carbocycles. The lowest BCUT2D eigenvalue weighted by Gasteiger charge is -2.29. The lowest BCUT2D eigenvalue weighted by molar-refractivity contribution is -0.187. The quantitative estimate of drug-likeness (QED) is 0.759. The van der Waals surface area contributed by atoms with Gasteiger partial charge in [-0.25, -0.2) is 0 Å². The van der Waals surface area contributed by atoms with Gasteiger partial charge in [0.15, 0.2) is 5.54 Å². The van der Waals surface area contributed by atoms with Gasteiger partial charge in [-0.3, -0.25) is 4.79 Å². The number of hydrogen-bond donors (Lipinski definition) is 2. The molecule has 0 fully saturated rings. The average molecular weight is 269 g/mol. The molecule has 0 rings (SSSR count). The van der Waals surface area contributed by atoms with E-state index in [9.17, 15) is 18.0 Å². The molecular formula is C11H22F3N3O. The molecule has 18 heavy (non-hydrogen) atoms. The zero-order valence-corrected chi connectivity index (χ0v) is 11.3. The van der Waals surface area contributed by atoms with Crippen LogP contribution < -0.4 is 11.1 Å². The van der Waals surface area contributed by atoms with Crippen LogP contribution in [0.25, 0.3) is 0 Å². The fourth-order valence-corrected chi connectivity index (χ4v) is 1.42. The van der Waals surface area contributed by atoms with E-state index in [4.69, 9.17) is 5.73 Å². The molecule has 108 valence electrons. The van der Waals surface area contributed by atoms with E-state index in [-0.39, 0.29) is 6.04 Å². The summed E-state index contributed by atoms with van der Waals surface area (Å²) in [5.74, 6) is -1.20. The maximum Gasteiger partial charge on any atom is 0.415 e. The summed E-state index contributed by atoms with van der Waals surface area (Å²) in [5, 5.41) is 2.30. The van der Waals surface area contributed by atoms with E-state index in [1.54, 1.807) is 6.92 Å². The highest BCUT2D eigenvalue weighted by molar-refractivity contribution is 5.86. The number of halogens is 3. The molecule has 4 nitrogen and oxygen atoms in total. The maximum atomic E-state index is 12.5. The van der Waals surface area contributed by atoms with Crippen molar-refractivity contribution in [2.75, 3.05) is 19.6 Å². The number of amides is 1. The predicted octanol–water partition coefficient (Wildman–Crippen LogP) is 1.11. The number of nitrogens with one attached hydrogen (secondary N) is 1. The van der Waals surface area contributed by atoms with Crippen LogP contribution in [0.4, 0.5) is 13.2 Å². The highest BCUT2D eigenvalue weighted by Gasteiger charge is 2.54. The number of hydrogen-bond acceptors (Lipinski definition) is 3. The molecule has 0 radical (unpaired) electrons. The second kappa shape index (κ2) is 6.38. The molecular weight excluding hydrogens is 247 g/mol. The van der Waals surface area contributed by atoms with Crippen LogP contribution in [0.3, 0.4) is 0 Å². The van der Waals surface area contributed by atoms with E-state index in [0.717, 1.165) is 13.1 Å². The second-order valence-electron chi connectivity index (χ2n) is 4.56. The largest absolute Gasteiger partial charge is 0.415 e. The van der Waals surface area contributed by atoms with Gasteiger partial charge in [-0.15, -0.1) is 0 Å². The van der Waals surface area contributed by atoms with Crippen LogP contribution in [0.5, 0.6) is 0 Å². The van der Waals surface area contributed by atoms with Gasteiger partial charge in [0, 0.05) is 12.6 Å². The molecule has 0 aliphatic carbocycles. The first kappa shape index (κ1) is 17.2. The Kier molecular flexibility index (Phi) is 6.09. The van der Waals surface area contributed by atoms with Crippen LogP contribution in [0.15, 0.2) is 0 Å². The van der Waals surface area contributed by atoms with Gasteiger partial charge in [-0.2, -0.15) is 13.2 Å². The van der Waals surface area contributed by atoms with Crippen molar-refractivity contribution in [2.24, 2.45) is 5.73 Å². The molecule has 0 spiro atoms. The Morgan fingerprint density at radius 2 is 1.78 bits per heavy atom. The van der Waals surface area contributed by atoms with Crippen molar-refractivity contribution in [3.05, 3.63) is 0 Å². The summed E-state index contributed by atoms with van der Waals surface area (Å²) in [4.78, 5) is 13.5. The van der Waals surface area contributed by atoms with Gasteiger partial charge >= 0.3 is 6.18 Å². The minimum absolute atomic E-state index is 0.386. The van der Waals surface area contributed by atoms with Gasteiger partial charge in [0.05, 0.1) is 0 Å². The van der Waals surface area contributed by atoms with E-state index in [2.05, 4.69) is 5.32 Å². The zero-order valence-electron chi connectivity index (χ0n) is 11.3. The van der Waals surface area contributed by atoms with Gasteiger partial charge in [-0.1, -0.05) is 13.8 Å². The number of nitrogens with two attached hydrogens (primary N) is 1. The van der Waals surface area contributed by atoms with Crippen LogP contribution in [0.1, 0.15) is 27.7 Å². The minimum Gasteiger partial charge on any atom is -0.350 e. The van der Waals surface area contributed by atoms with Crippen LogP contribution in [0, 0.1) is 0 Å². The van der Waals surface area contributed by atoms with E-state index < -0.39 is 17.6 Å². The summed E-state index contributed by atoms with van der Waals surface area (Å²) in [6.45, 7) is 8.26. The van der Waals surface area contributed by atoms with Crippen molar-refractivity contribution in [2.45, 2.75) is 45.5 Å². The number of carbonyl (C=O) groups is 1. The van der Waals surface area contributed by atoms with Gasteiger partial charge in [0.2, 0.25) is 5.91 Å². The Bertz CT molecular complexity index is 275. The minimum atomic E-state index is -4.76. The SMILES string of the molecule is CCN(CC)CC(C)NC(=O)C(C)(N)C(F)(F)F. The first-order chi connectivity index (χ1) is 8.06. The number of rotatable bonds is 6. The van der Waals surface area contributed by atoms with Crippen LogP contribution in [-0.2, 0) is 4.79 Å². The molecule has 2 unspecified atom stereocenters. The first-order valence-electron chi connectivity index (χ1n) is 5.95. The van der Waals surface area contributed by atoms with Crippen LogP contribution >= 0.6 is 0 Å². The monoisotopic (exact) mass is 269 g/mol. The fourth-order valence-electron chi connectivity index (χ4n) is 1.42. The molecule has 0 bridgehead atoms. The highest BCUT2D eigenvalue weighted by atomic mass is 19.4. The number of alkyl halides is 3. The van der Waals surface area contributed by atoms with Crippen molar-refractivity contribution in [3.63, 3.8) is 0 Å². The van der Waals surface area contributed by atoms with Crippen molar-refractivity contribution in [1.29, 1.82) is 0 Å². The van der Waals surface area contributed by atoms with E-state index >= 15 is 0 Å². The molecule has 0 saturated heterocycles. The molecule has 0 aromatic heterocycles. The first-order valence-corrected chi connectivity index (χ1v) is 5.95. The summed E-state index contributed by atoms with van der Waals surface area (Å²) < 4.78 is 37.6. The van der Waals surface area contributed by atoms with Gasteiger partial charge in [-0.05, 0) is 26.9 Å². The van der Waals surface area contributed by atoms with Crippen molar-refractivity contribution >= 4 is 5.91 Å². The topological polar surface area (TPSA) is 58.4 Å². The third-order valence-electron chi connectivity index (χ3n) is 2.86. The highest BCUT2D eigenvalue weighted by Crippen LogP contribution is 2.27. The molecule has 0 aromatic carbocycles. The van der Waals surface area contributed by atoms with Gasteiger partial charge in [0.1, 0.15) is 0 Å². The molecule has 0 aliphatic rings. The lowest BCUT2D eigenvalue weighted by atomic mass is 10.0. The molecule has 0 heterocycles. The molecule has 1 amide bonds. The molecule has 0 aromatic rings. The second-order valence-corrected chi connectivity index (χ2v) is 4.56. The molecule has 0 aliphatic heterocycles. The predicted molar refractivity (Wildman–Crippen MR) is 64.0 cm³/mol. The van der Waals surface area contributed by atoms with Crippen LogP contribution in [-0.4, -0.2) is 48.2 Å². The summed E-state index contributed by atoms with van der Waals surface area (Å²) in [5.41, 5.74) is 2.17. The molecule has 2 atom stereocenters. The number of nitrogens with zero attached hydrogens (tertiary/aromatic N) is 1. The van der Waals surface area contributed by atoms with E-state index in [1.807, 2.05) is 18.7 Å². The summed E-state index contributed by atoms with van der Waals surface area (Å²) >= 11 is 0. The van der Waals surface area contributed by atoms with Gasteiger partial charge in [0.25, 0.3) is 0 Å². The third kappa shape index (κ3) is 4.45. The number of carbonyl (C=O) groups excluding carboxylic acids is 1. The Hall–Kier alpha value is -0.820. The van der Waals surface area contributed by atoms with Crippen molar-refractivity contribution < 1.29 is 18.0 Å². The molecule has 3 N–H and O–H groups in total. The van der Waals surface area contributed by atoms with Crippen LogP contribution in [0.2, 0.25) is 0 Å². The third-order valence-corrected chi connectivity index (χ3v) is 2.86. The van der Waals surface area contributed by atoms with Crippen molar-refractivity contribution in [1.82, 2.24) is 10.2 Å². The molecule has 7 heteroatoms. The Labute approximate surface area is 106 Å². The summed E-state index contributed by atoms with van der Waals surface area (Å²) in [6, 6.07) is -0.386. The lowest BCUT2D eigenvalue weighted by Crippen LogP contribution is -2.63. The Balaban J connectivity index is 4.49. The van der Waals surface area contributed by atoms with Crippen molar-refractivity contribution in [3.8, 4) is 0 Å². The smallest absolute Gasteiger partial charge is 0.350 e. The summed E-state index contributed by atoms with van der Waals surface area (Å²) in [6.07, 6.45) is -4.76. The Morgan fingerprint density at radius 1 is 1.33 bits per heavy atom. The summed E-state index contributed by atoms with van der Waals surface area (Å²) in [7, 11) is 0. The maximum absolute atomic E-state index is 12.5. The fraction of sp³-hybridized carbons (Fsp3) is 0.909. The normalized spacial score (nSPS) is 17.4. The zero-order chi connectivity index (χ0) is 14.6. The van der Waals surface area contributed by atoms with Gasteiger partial charge < -0.3 is 16.0 Å².